The Balaban J connectivity index is 4.07. The second-order valence-corrected chi connectivity index (χ2v) is 27.7. The Bertz CT molecular complexity index is 2150. The van der Waals surface area contributed by atoms with Crippen molar-refractivity contribution in [2.45, 2.75) is 315 Å². The van der Waals surface area contributed by atoms with E-state index in [9.17, 15) is 19.0 Å². The zero-order valence-corrected chi connectivity index (χ0v) is 62.0. The number of carbonyl (C=O) groups is 2. The van der Waals surface area contributed by atoms with Crippen LogP contribution in [0.4, 0.5) is 0 Å². The number of rotatable bonds is 69. The number of hydrogen-bond donors (Lipinski definition) is 0. The molecule has 0 N–H and O–H groups in total. The maximum Gasteiger partial charge on any atom is 0.306 e. The van der Waals surface area contributed by atoms with Gasteiger partial charge in [0.2, 0.25) is 0 Å². The van der Waals surface area contributed by atoms with Crippen LogP contribution in [0.3, 0.4) is 0 Å². The van der Waals surface area contributed by atoms with Crippen molar-refractivity contribution in [2.24, 2.45) is 0 Å². The topological polar surface area (TPSA) is 111 Å². The Hall–Kier alpha value is -4.37. The van der Waals surface area contributed by atoms with Gasteiger partial charge in [-0.2, -0.15) is 0 Å². The van der Waals surface area contributed by atoms with E-state index in [0.29, 0.717) is 17.4 Å². The van der Waals surface area contributed by atoms with Crippen molar-refractivity contribution in [1.29, 1.82) is 0 Å². The zero-order chi connectivity index (χ0) is 68.3. The number of likely N-dealkylation sites (N-methyl/N-ethyl adjacent to an activating group) is 1. The smallest absolute Gasteiger partial charge is 0.306 e. The molecule has 2 atom stereocenters. The fourth-order valence-corrected chi connectivity index (χ4v) is 11.0. The van der Waals surface area contributed by atoms with Gasteiger partial charge in [0.15, 0.2) is 6.10 Å². The van der Waals surface area contributed by atoms with Gasteiger partial charge in [0.1, 0.15) is 19.8 Å². The lowest BCUT2D eigenvalue weighted by Gasteiger charge is -2.28. The summed E-state index contributed by atoms with van der Waals surface area (Å²) in [6.45, 7) is 4.12. The van der Waals surface area contributed by atoms with Gasteiger partial charge in [-0.25, -0.2) is 0 Å². The summed E-state index contributed by atoms with van der Waals surface area (Å²) in [5.74, 6) is -0.840. The van der Waals surface area contributed by atoms with E-state index in [-0.39, 0.29) is 32.0 Å². The van der Waals surface area contributed by atoms with E-state index >= 15 is 0 Å². The van der Waals surface area contributed by atoms with E-state index in [0.717, 1.165) is 122 Å². The predicted octanol–water partition coefficient (Wildman–Crippen LogP) is 24.9. The van der Waals surface area contributed by atoms with Crippen LogP contribution in [0.5, 0.6) is 0 Å². The van der Waals surface area contributed by atoms with E-state index in [1.165, 1.54) is 154 Å². The van der Waals surface area contributed by atoms with Gasteiger partial charge in [0.05, 0.1) is 27.7 Å². The molecule has 0 saturated carbocycles. The second-order valence-electron chi connectivity index (χ2n) is 26.3. The summed E-state index contributed by atoms with van der Waals surface area (Å²) in [5.41, 5.74) is 0. The molecule has 0 aromatic rings. The molecule has 9 nitrogen and oxygen atoms in total. The minimum atomic E-state index is -4.66. The first-order valence-corrected chi connectivity index (χ1v) is 39.7. The summed E-state index contributed by atoms with van der Waals surface area (Å²) in [6.07, 6.45) is 109. The SMILES string of the molecule is CC/C=C\C/C=C\C/C=C\C/C=C\C/C=C\C/C=C\C/C=C\C/C=C\C/C=C\C/C=C\CCCCCCCCCCCCC(=O)OC(COC(=O)CCCCCCCCCCCCCCCC/C=C\C/C=C\C/C=C\CCCCCCC)COP(=O)([O-])OCC[N+](C)(C)C. The Morgan fingerprint density at radius 3 is 0.904 bits per heavy atom. The summed E-state index contributed by atoms with van der Waals surface area (Å²) in [7, 11) is 1.15. The molecule has 0 aromatic carbocycles. The van der Waals surface area contributed by atoms with Crippen molar-refractivity contribution in [3.05, 3.63) is 158 Å². The molecule has 0 aliphatic carbocycles. The van der Waals surface area contributed by atoms with Crippen molar-refractivity contribution in [1.82, 2.24) is 0 Å². The third-order valence-electron chi connectivity index (χ3n) is 16.0. The van der Waals surface area contributed by atoms with Crippen LogP contribution in [0.2, 0.25) is 0 Å². The standard InChI is InChI=1S/C84H142NO8P/c1-6-8-10-12-14-16-18-20-22-24-26-28-30-32-34-36-37-38-39-40-41-42-43-44-45-46-47-49-51-53-55-57-59-61-63-65-67-69-71-73-75-77-84(87)93-82(81-92-94(88,89)91-79-78-85(3,4)5)80-90-83(86)76-74-72-70-68-66-64-62-60-58-56-54-52-50-48-35-33-31-29-27-25-23-21-19-17-15-13-11-9-7-2/h8,10,14,16,19-22,25-28,31-34,37-38,40-41,43-44,46-47,51,53,82H,6-7,9,11-13,15,17-18,23-24,29-30,35-36,39,42,45,48-50,52,54-81H2,1-5H3/b10-8-,16-14-,21-19-,22-20-,27-25-,28-26-,33-31-,34-32-,38-37-,41-40-,44-43-,47-46-,53-51-. The highest BCUT2D eigenvalue weighted by molar-refractivity contribution is 7.45. The summed E-state index contributed by atoms with van der Waals surface area (Å²) < 4.78 is 34.4. The molecule has 10 heteroatoms. The van der Waals surface area contributed by atoms with Gasteiger partial charge in [-0.15, -0.1) is 0 Å². The van der Waals surface area contributed by atoms with Crippen LogP contribution < -0.4 is 4.89 Å². The van der Waals surface area contributed by atoms with Crippen LogP contribution in [0.25, 0.3) is 0 Å². The minimum Gasteiger partial charge on any atom is -0.756 e. The Kier molecular flexibility index (Phi) is 69.5. The largest absolute Gasteiger partial charge is 0.756 e. The molecule has 0 aliphatic rings. The first kappa shape index (κ1) is 89.6. The number of phosphoric acid groups is 1. The van der Waals surface area contributed by atoms with Gasteiger partial charge in [0, 0.05) is 12.8 Å². The molecule has 0 saturated heterocycles. The lowest BCUT2D eigenvalue weighted by atomic mass is 10.0. The lowest BCUT2D eigenvalue weighted by Crippen LogP contribution is -2.37. The second kappa shape index (κ2) is 72.9. The third-order valence-corrected chi connectivity index (χ3v) is 17.0. The van der Waals surface area contributed by atoms with Crippen molar-refractivity contribution in [2.75, 3.05) is 47.5 Å². The zero-order valence-electron chi connectivity index (χ0n) is 61.1. The summed E-state index contributed by atoms with van der Waals surface area (Å²) in [4.78, 5) is 38.1. The molecule has 0 bridgehead atoms. The first-order valence-electron chi connectivity index (χ1n) is 38.2. The minimum absolute atomic E-state index is 0.0381. The van der Waals surface area contributed by atoms with Gasteiger partial charge >= 0.3 is 11.9 Å². The fraction of sp³-hybridized carbons (Fsp3) is 0.667. The van der Waals surface area contributed by atoms with Crippen LogP contribution in [-0.2, 0) is 32.7 Å². The molecule has 0 aliphatic heterocycles. The van der Waals surface area contributed by atoms with E-state index in [2.05, 4.69) is 172 Å². The summed E-state index contributed by atoms with van der Waals surface area (Å²) in [6, 6.07) is 0. The van der Waals surface area contributed by atoms with Crippen molar-refractivity contribution < 1.29 is 42.1 Å². The molecule has 2 unspecified atom stereocenters. The molecule has 0 rings (SSSR count). The fourth-order valence-electron chi connectivity index (χ4n) is 10.2. The number of unbranched alkanes of at least 4 members (excludes halogenated alkanes) is 29. The third kappa shape index (κ3) is 76.6. The highest BCUT2D eigenvalue weighted by Gasteiger charge is 2.22. The average Bonchev–Trinajstić information content (AvgIpc) is 1.57. The molecule has 0 spiro atoms. The molecule has 536 valence electrons. The van der Waals surface area contributed by atoms with E-state index in [1.807, 2.05) is 21.1 Å². The monoisotopic (exact) mass is 1320 g/mol. The number of carbonyl (C=O) groups excluding carboxylic acids is 2. The van der Waals surface area contributed by atoms with Gasteiger partial charge in [-0.3, -0.25) is 14.2 Å². The molecular formula is C84H142NO8P. The Labute approximate surface area is 579 Å². The Morgan fingerprint density at radius 2 is 0.606 bits per heavy atom. The van der Waals surface area contributed by atoms with Crippen LogP contribution in [0, 0.1) is 0 Å². The van der Waals surface area contributed by atoms with E-state index in [1.54, 1.807) is 0 Å². The molecule has 0 amide bonds. The number of quaternary nitrogens is 1. The number of hydrogen-bond acceptors (Lipinski definition) is 8. The van der Waals surface area contributed by atoms with Crippen LogP contribution >= 0.6 is 7.82 Å². The quantitative estimate of drug-likeness (QED) is 0.0195. The number of allylic oxidation sites excluding steroid dienone is 26. The van der Waals surface area contributed by atoms with Crippen molar-refractivity contribution in [3.63, 3.8) is 0 Å². The molecule has 0 radical (unpaired) electrons. The molecule has 0 heterocycles. The summed E-state index contributed by atoms with van der Waals surface area (Å²) in [5, 5.41) is 0. The van der Waals surface area contributed by atoms with Gasteiger partial charge in [0.25, 0.3) is 7.82 Å². The predicted molar refractivity (Wildman–Crippen MR) is 406 cm³/mol. The summed E-state index contributed by atoms with van der Waals surface area (Å²) >= 11 is 0. The van der Waals surface area contributed by atoms with Gasteiger partial charge < -0.3 is 27.9 Å². The number of phosphoric ester groups is 1. The molecular weight excluding hydrogens is 1180 g/mol. The Morgan fingerprint density at radius 1 is 0.340 bits per heavy atom. The number of esters is 2. The molecule has 94 heavy (non-hydrogen) atoms. The van der Waals surface area contributed by atoms with Crippen LogP contribution in [0.15, 0.2) is 158 Å². The maximum atomic E-state index is 12.9. The molecule has 0 aromatic heterocycles. The van der Waals surface area contributed by atoms with Crippen molar-refractivity contribution in [3.8, 4) is 0 Å². The van der Waals surface area contributed by atoms with Gasteiger partial charge in [-0.1, -0.05) is 326 Å². The first-order chi connectivity index (χ1) is 46.0. The van der Waals surface area contributed by atoms with Crippen LogP contribution in [-0.4, -0.2) is 70.0 Å². The lowest BCUT2D eigenvalue weighted by molar-refractivity contribution is -0.870. The van der Waals surface area contributed by atoms with E-state index in [4.69, 9.17) is 18.5 Å². The molecule has 0 fully saturated rings. The highest BCUT2D eigenvalue weighted by Crippen LogP contribution is 2.38. The average molecular weight is 1330 g/mol. The highest BCUT2D eigenvalue weighted by atomic mass is 31.2. The normalized spacial score (nSPS) is 14.0. The number of ether oxygens (including phenoxy) is 2. The maximum absolute atomic E-state index is 12.9. The van der Waals surface area contributed by atoms with Crippen LogP contribution in [0.1, 0.15) is 309 Å². The van der Waals surface area contributed by atoms with Gasteiger partial charge in [-0.05, 0) is 128 Å². The van der Waals surface area contributed by atoms with Crippen molar-refractivity contribution >= 4 is 19.8 Å². The van der Waals surface area contributed by atoms with E-state index < -0.39 is 26.5 Å². The number of nitrogens with zero attached hydrogens (tertiary/aromatic N) is 1.